The van der Waals surface area contributed by atoms with E-state index < -0.39 is 0 Å². The standard InChI is InChI=1S/C12H19NO.CH4O.CH3.W/c1-11(13(2)3)9-14-10-12-7-5-4-6-8-12;1-2;;/h4-8,11H,9-10H2,1-3H3;2H,1H3;1H3;/q;;-1;. The van der Waals surface area contributed by atoms with Gasteiger partial charge in [0.1, 0.15) is 0 Å². The second kappa shape index (κ2) is 14.8. The van der Waals surface area contributed by atoms with Crippen molar-refractivity contribution in [2.75, 3.05) is 27.8 Å². The van der Waals surface area contributed by atoms with Crippen LogP contribution in [0, 0.1) is 7.43 Å². The fraction of sp³-hybridized carbons (Fsp3) is 0.500. The predicted octanol–water partition coefficient (Wildman–Crippen LogP) is 2.21. The van der Waals surface area contributed by atoms with Gasteiger partial charge in [0.2, 0.25) is 0 Å². The van der Waals surface area contributed by atoms with Crippen LogP contribution in [0.1, 0.15) is 12.5 Å². The van der Waals surface area contributed by atoms with Gasteiger partial charge in [-0.3, -0.25) is 0 Å². The molecule has 0 heterocycles. The van der Waals surface area contributed by atoms with Crippen LogP contribution in [0.15, 0.2) is 30.3 Å². The van der Waals surface area contributed by atoms with Crippen molar-refractivity contribution in [3.05, 3.63) is 43.3 Å². The van der Waals surface area contributed by atoms with Gasteiger partial charge in [-0.15, -0.1) is 0 Å². The zero-order chi connectivity index (χ0) is 12.4. The number of rotatable bonds is 5. The quantitative estimate of drug-likeness (QED) is 0.737. The third kappa shape index (κ3) is 10.9. The summed E-state index contributed by atoms with van der Waals surface area (Å²) in [7, 11) is 5.13. The Morgan fingerprint density at radius 2 is 1.67 bits per heavy atom. The summed E-state index contributed by atoms with van der Waals surface area (Å²) in [5, 5.41) is 7.00. The molecule has 106 valence electrons. The van der Waals surface area contributed by atoms with E-state index in [0.717, 1.165) is 13.7 Å². The van der Waals surface area contributed by atoms with Crippen LogP contribution in [0.3, 0.4) is 0 Å². The van der Waals surface area contributed by atoms with Crippen LogP contribution < -0.4 is 0 Å². The molecular formula is C14H26NO2W-. The summed E-state index contributed by atoms with van der Waals surface area (Å²) in [6.07, 6.45) is 0. The van der Waals surface area contributed by atoms with Gasteiger partial charge in [-0.2, -0.15) is 0 Å². The molecule has 0 aliphatic rings. The Hall–Kier alpha value is -0.212. The molecule has 4 heteroatoms. The predicted molar refractivity (Wildman–Crippen MR) is 73.8 cm³/mol. The zero-order valence-corrected chi connectivity index (χ0v) is 15.0. The van der Waals surface area contributed by atoms with E-state index >= 15 is 0 Å². The van der Waals surface area contributed by atoms with Crippen LogP contribution >= 0.6 is 0 Å². The molecule has 1 rings (SSSR count). The van der Waals surface area contributed by atoms with Crippen LogP contribution in [0.25, 0.3) is 0 Å². The third-order valence-electron chi connectivity index (χ3n) is 2.35. The van der Waals surface area contributed by atoms with E-state index in [1.165, 1.54) is 5.56 Å². The maximum atomic E-state index is 7.00. The van der Waals surface area contributed by atoms with E-state index in [0.29, 0.717) is 12.6 Å². The summed E-state index contributed by atoms with van der Waals surface area (Å²) in [4.78, 5) is 2.16. The summed E-state index contributed by atoms with van der Waals surface area (Å²) in [6, 6.07) is 10.7. The Labute approximate surface area is 126 Å². The van der Waals surface area contributed by atoms with Gasteiger partial charge in [0.25, 0.3) is 0 Å². The van der Waals surface area contributed by atoms with Crippen molar-refractivity contribution in [1.29, 1.82) is 0 Å². The molecule has 0 bridgehead atoms. The molecule has 0 fully saturated rings. The molecular weight excluding hydrogens is 398 g/mol. The summed E-state index contributed by atoms with van der Waals surface area (Å²) in [5.74, 6) is 0. The minimum Gasteiger partial charge on any atom is -0.400 e. The SMILES string of the molecule is CC(COCc1ccccc1)N(C)C.CO.[CH3-].[W]. The molecule has 0 aromatic heterocycles. The van der Waals surface area contributed by atoms with Gasteiger partial charge in [-0.05, 0) is 26.6 Å². The summed E-state index contributed by atoms with van der Waals surface area (Å²) >= 11 is 0. The van der Waals surface area contributed by atoms with E-state index in [1.54, 1.807) is 0 Å². The van der Waals surface area contributed by atoms with Crippen molar-refractivity contribution in [2.24, 2.45) is 0 Å². The monoisotopic (exact) mass is 424 g/mol. The smallest absolute Gasteiger partial charge is 0.0717 e. The van der Waals surface area contributed by atoms with Crippen LogP contribution in [0.2, 0.25) is 0 Å². The molecule has 1 atom stereocenters. The first-order valence-corrected chi connectivity index (χ1v) is 5.43. The Bertz CT molecular complexity index is 255. The molecule has 0 amide bonds. The summed E-state index contributed by atoms with van der Waals surface area (Å²) in [6.45, 7) is 3.64. The number of aliphatic hydroxyl groups is 1. The van der Waals surface area contributed by atoms with Crippen LogP contribution in [-0.2, 0) is 32.4 Å². The largest absolute Gasteiger partial charge is 0.400 e. The zero-order valence-electron chi connectivity index (χ0n) is 12.1. The average molecular weight is 424 g/mol. The van der Waals surface area contributed by atoms with Gasteiger partial charge in [0, 0.05) is 34.2 Å². The van der Waals surface area contributed by atoms with Gasteiger partial charge in [-0.1, -0.05) is 30.3 Å². The fourth-order valence-electron chi connectivity index (χ4n) is 1.07. The molecule has 0 saturated heterocycles. The number of aliphatic hydroxyl groups excluding tert-OH is 1. The van der Waals surface area contributed by atoms with Gasteiger partial charge < -0.3 is 22.2 Å². The number of ether oxygens (including phenoxy) is 1. The summed E-state index contributed by atoms with van der Waals surface area (Å²) < 4.78 is 5.60. The second-order valence-electron chi connectivity index (χ2n) is 3.81. The van der Waals surface area contributed by atoms with Crippen molar-refractivity contribution in [2.45, 2.75) is 19.6 Å². The Balaban J connectivity index is -0.000000534. The molecule has 1 aromatic carbocycles. The number of likely N-dealkylation sites (N-methyl/N-ethyl adjacent to an activating group) is 1. The van der Waals surface area contributed by atoms with Crippen LogP contribution in [-0.4, -0.2) is 43.9 Å². The topological polar surface area (TPSA) is 32.7 Å². The molecule has 1 unspecified atom stereocenters. The van der Waals surface area contributed by atoms with Crippen molar-refractivity contribution >= 4 is 0 Å². The maximum absolute atomic E-state index is 7.00. The molecule has 0 aliphatic carbocycles. The van der Waals surface area contributed by atoms with Crippen molar-refractivity contribution < 1.29 is 30.9 Å². The third-order valence-corrected chi connectivity index (χ3v) is 2.35. The van der Waals surface area contributed by atoms with Crippen LogP contribution in [0.4, 0.5) is 0 Å². The minimum atomic E-state index is 0. The van der Waals surface area contributed by atoms with Gasteiger partial charge in [0.05, 0.1) is 13.2 Å². The number of hydrogen-bond donors (Lipinski definition) is 1. The first-order valence-electron chi connectivity index (χ1n) is 5.43. The molecule has 1 N–H and O–H groups in total. The first-order chi connectivity index (χ1) is 7.70. The van der Waals surface area contributed by atoms with E-state index in [4.69, 9.17) is 9.84 Å². The van der Waals surface area contributed by atoms with E-state index in [-0.39, 0.29) is 28.5 Å². The Morgan fingerprint density at radius 1 is 1.17 bits per heavy atom. The van der Waals surface area contributed by atoms with Gasteiger partial charge in [0.15, 0.2) is 0 Å². The molecule has 0 aliphatic heterocycles. The molecule has 18 heavy (non-hydrogen) atoms. The number of hydrogen-bond acceptors (Lipinski definition) is 3. The van der Waals surface area contributed by atoms with Gasteiger partial charge in [-0.25, -0.2) is 0 Å². The normalized spacial score (nSPS) is 10.6. The number of benzene rings is 1. The van der Waals surface area contributed by atoms with Gasteiger partial charge >= 0.3 is 0 Å². The fourth-order valence-corrected chi connectivity index (χ4v) is 1.07. The van der Waals surface area contributed by atoms with Crippen molar-refractivity contribution in [3.8, 4) is 0 Å². The van der Waals surface area contributed by atoms with Crippen molar-refractivity contribution in [3.63, 3.8) is 0 Å². The average Bonchev–Trinajstić information content (AvgIpc) is 2.33. The second-order valence-corrected chi connectivity index (χ2v) is 3.81. The first kappa shape index (κ1) is 22.9. The number of nitrogens with zero attached hydrogens (tertiary/aromatic N) is 1. The van der Waals surface area contributed by atoms with E-state index in [1.807, 2.05) is 18.2 Å². The molecule has 3 nitrogen and oxygen atoms in total. The van der Waals surface area contributed by atoms with Crippen molar-refractivity contribution in [1.82, 2.24) is 4.90 Å². The summed E-state index contributed by atoms with van der Waals surface area (Å²) in [5.41, 5.74) is 1.23. The maximum Gasteiger partial charge on any atom is 0.0717 e. The minimum absolute atomic E-state index is 0. The molecule has 0 saturated carbocycles. The van der Waals surface area contributed by atoms with E-state index in [2.05, 4.69) is 38.1 Å². The molecule has 0 spiro atoms. The molecule has 1 aromatic rings. The van der Waals surface area contributed by atoms with E-state index in [9.17, 15) is 0 Å². The Morgan fingerprint density at radius 3 is 2.11 bits per heavy atom. The molecule has 0 radical (unpaired) electrons. The Kier molecular flexibility index (Phi) is 18.9. The van der Waals surface area contributed by atoms with Crippen LogP contribution in [0.5, 0.6) is 0 Å².